The molecule has 1 N–H and O–H groups in total. The Balaban J connectivity index is 1.53. The maximum absolute atomic E-state index is 12.4. The van der Waals surface area contributed by atoms with Crippen molar-refractivity contribution in [1.29, 1.82) is 0 Å². The Morgan fingerprint density at radius 1 is 1.08 bits per heavy atom. The van der Waals surface area contributed by atoms with E-state index in [0.717, 1.165) is 24.6 Å². The first-order valence-electron chi connectivity index (χ1n) is 10.1. The fraction of sp³-hybridized carbons (Fsp3) is 0.682. The van der Waals surface area contributed by atoms with Gasteiger partial charge in [-0.25, -0.2) is 0 Å². The smallest absolute Gasteiger partial charge is 0.220 e. The molecule has 3 rings (SSSR count). The van der Waals surface area contributed by atoms with Crippen LogP contribution in [0.2, 0.25) is 0 Å². The Labute approximate surface area is 152 Å². The van der Waals surface area contributed by atoms with Crippen LogP contribution in [0.1, 0.15) is 76.2 Å². The first-order valence-corrected chi connectivity index (χ1v) is 10.1. The number of amides is 1. The van der Waals surface area contributed by atoms with Gasteiger partial charge in [-0.05, 0) is 42.9 Å². The molecule has 138 valence electrons. The van der Waals surface area contributed by atoms with Crippen LogP contribution in [-0.2, 0) is 10.2 Å². The van der Waals surface area contributed by atoms with Crippen LogP contribution in [0.25, 0.3) is 0 Å². The molecule has 0 atom stereocenters. The van der Waals surface area contributed by atoms with E-state index in [1.165, 1.54) is 63.4 Å². The van der Waals surface area contributed by atoms with Gasteiger partial charge in [-0.3, -0.25) is 4.79 Å². The highest BCUT2D eigenvalue weighted by Crippen LogP contribution is 2.41. The number of nitrogens with one attached hydrogen (secondary N) is 1. The highest BCUT2D eigenvalue weighted by Gasteiger charge is 2.35. The van der Waals surface area contributed by atoms with E-state index in [9.17, 15) is 4.79 Å². The second-order valence-electron chi connectivity index (χ2n) is 8.04. The molecule has 0 unspecified atom stereocenters. The maximum atomic E-state index is 12.4. The lowest BCUT2D eigenvalue weighted by Gasteiger charge is -2.30. The van der Waals surface area contributed by atoms with Crippen molar-refractivity contribution in [3.63, 3.8) is 0 Å². The minimum atomic E-state index is 0.118. The van der Waals surface area contributed by atoms with Crippen LogP contribution in [0.4, 0.5) is 0 Å². The average Bonchev–Trinajstić information content (AvgIpc) is 3.16. The minimum absolute atomic E-state index is 0.118. The molecule has 1 aromatic rings. The van der Waals surface area contributed by atoms with Gasteiger partial charge in [0.25, 0.3) is 0 Å². The zero-order valence-electron chi connectivity index (χ0n) is 15.7. The first-order chi connectivity index (χ1) is 12.2. The molecule has 3 heteroatoms. The van der Waals surface area contributed by atoms with Crippen molar-refractivity contribution < 1.29 is 9.53 Å². The van der Waals surface area contributed by atoms with E-state index in [2.05, 4.69) is 17.4 Å². The Kier molecular flexibility index (Phi) is 6.39. The summed E-state index contributed by atoms with van der Waals surface area (Å²) in [6.45, 7) is 0.781. The molecular formula is C22H33NO2. The van der Waals surface area contributed by atoms with Crippen LogP contribution < -0.4 is 10.1 Å². The summed E-state index contributed by atoms with van der Waals surface area (Å²) < 4.78 is 5.28. The van der Waals surface area contributed by atoms with Gasteiger partial charge in [0.2, 0.25) is 5.91 Å². The largest absolute Gasteiger partial charge is 0.497 e. The number of hydrogen-bond acceptors (Lipinski definition) is 2. The van der Waals surface area contributed by atoms with Crippen LogP contribution in [0.15, 0.2) is 24.3 Å². The summed E-state index contributed by atoms with van der Waals surface area (Å²) in [5, 5.41) is 3.26. The molecule has 2 aliphatic rings. The average molecular weight is 344 g/mol. The summed E-state index contributed by atoms with van der Waals surface area (Å²) >= 11 is 0. The third-order valence-electron chi connectivity index (χ3n) is 6.39. The Morgan fingerprint density at radius 2 is 1.76 bits per heavy atom. The molecule has 25 heavy (non-hydrogen) atoms. The van der Waals surface area contributed by atoms with Crippen LogP contribution in [-0.4, -0.2) is 19.6 Å². The Hall–Kier alpha value is -1.51. The molecule has 0 radical (unpaired) electrons. The van der Waals surface area contributed by atoms with Gasteiger partial charge < -0.3 is 10.1 Å². The van der Waals surface area contributed by atoms with Crippen molar-refractivity contribution >= 4 is 5.91 Å². The normalized spacial score (nSPS) is 20.4. The minimum Gasteiger partial charge on any atom is -0.497 e. The van der Waals surface area contributed by atoms with E-state index in [-0.39, 0.29) is 11.3 Å². The molecule has 3 nitrogen and oxygen atoms in total. The quantitative estimate of drug-likeness (QED) is 0.758. The number of carbonyl (C=O) groups excluding carboxylic acids is 1. The summed E-state index contributed by atoms with van der Waals surface area (Å²) in [6.07, 6.45) is 13.3. The molecule has 0 aliphatic heterocycles. The molecule has 0 saturated heterocycles. The van der Waals surface area contributed by atoms with Crippen molar-refractivity contribution in [2.75, 3.05) is 13.7 Å². The van der Waals surface area contributed by atoms with Gasteiger partial charge in [-0.2, -0.15) is 0 Å². The molecule has 2 fully saturated rings. The molecular weight excluding hydrogens is 310 g/mol. The summed E-state index contributed by atoms with van der Waals surface area (Å²) in [5.74, 6) is 1.92. The number of methoxy groups -OCH3 is 1. The number of carbonyl (C=O) groups is 1. The highest BCUT2D eigenvalue weighted by atomic mass is 16.5. The summed E-state index contributed by atoms with van der Waals surface area (Å²) in [7, 11) is 1.70. The summed E-state index contributed by atoms with van der Waals surface area (Å²) in [4.78, 5) is 12.4. The second-order valence-corrected chi connectivity index (χ2v) is 8.04. The zero-order valence-corrected chi connectivity index (χ0v) is 15.7. The lowest BCUT2D eigenvalue weighted by atomic mass is 9.78. The molecule has 0 aromatic heterocycles. The summed E-state index contributed by atoms with van der Waals surface area (Å²) in [6, 6.07) is 8.44. The molecule has 0 heterocycles. The monoisotopic (exact) mass is 343 g/mol. The van der Waals surface area contributed by atoms with Crippen LogP contribution in [0, 0.1) is 5.92 Å². The molecule has 2 saturated carbocycles. The Morgan fingerprint density at radius 3 is 2.40 bits per heavy atom. The van der Waals surface area contributed by atoms with Gasteiger partial charge >= 0.3 is 0 Å². The van der Waals surface area contributed by atoms with E-state index in [0.29, 0.717) is 6.42 Å². The van der Waals surface area contributed by atoms with Gasteiger partial charge in [-0.15, -0.1) is 0 Å². The van der Waals surface area contributed by atoms with Gasteiger partial charge in [-0.1, -0.05) is 57.1 Å². The number of benzene rings is 1. The number of hydrogen-bond donors (Lipinski definition) is 1. The highest BCUT2D eigenvalue weighted by molar-refractivity contribution is 5.76. The molecule has 0 spiro atoms. The predicted molar refractivity (Wildman–Crippen MR) is 102 cm³/mol. The summed E-state index contributed by atoms with van der Waals surface area (Å²) in [5.41, 5.74) is 1.46. The SMILES string of the molecule is COc1ccc(C2(CNC(=O)CCC3CCCCC3)CCCC2)cc1. The zero-order chi connectivity index (χ0) is 17.5. The van der Waals surface area contributed by atoms with Gasteiger partial charge in [0.05, 0.1) is 7.11 Å². The first kappa shape index (κ1) is 18.3. The van der Waals surface area contributed by atoms with Crippen molar-refractivity contribution in [3.8, 4) is 5.75 Å². The fourth-order valence-corrected chi connectivity index (χ4v) is 4.73. The van der Waals surface area contributed by atoms with E-state index in [1.807, 2.05) is 12.1 Å². The lowest BCUT2D eigenvalue weighted by Crippen LogP contribution is -2.39. The van der Waals surface area contributed by atoms with Crippen molar-refractivity contribution in [3.05, 3.63) is 29.8 Å². The van der Waals surface area contributed by atoms with Gasteiger partial charge in [0, 0.05) is 18.4 Å². The predicted octanol–water partition coefficient (Wildman–Crippen LogP) is 4.98. The van der Waals surface area contributed by atoms with Crippen LogP contribution in [0.3, 0.4) is 0 Å². The van der Waals surface area contributed by atoms with Crippen molar-refractivity contribution in [2.45, 2.75) is 76.0 Å². The van der Waals surface area contributed by atoms with E-state index >= 15 is 0 Å². The fourth-order valence-electron chi connectivity index (χ4n) is 4.73. The van der Waals surface area contributed by atoms with E-state index in [4.69, 9.17) is 4.74 Å². The maximum Gasteiger partial charge on any atom is 0.220 e. The second kappa shape index (κ2) is 8.73. The molecule has 1 aromatic carbocycles. The third-order valence-corrected chi connectivity index (χ3v) is 6.39. The molecule has 1 amide bonds. The van der Waals surface area contributed by atoms with Crippen LogP contribution >= 0.6 is 0 Å². The molecule has 2 aliphatic carbocycles. The van der Waals surface area contributed by atoms with Crippen molar-refractivity contribution in [1.82, 2.24) is 5.32 Å². The lowest BCUT2D eigenvalue weighted by molar-refractivity contribution is -0.121. The van der Waals surface area contributed by atoms with E-state index < -0.39 is 0 Å². The van der Waals surface area contributed by atoms with Gasteiger partial charge in [0.15, 0.2) is 0 Å². The topological polar surface area (TPSA) is 38.3 Å². The standard InChI is InChI=1S/C22H33NO2/c1-25-20-12-10-19(11-13-20)22(15-5-6-16-22)17-23-21(24)14-9-18-7-3-2-4-8-18/h10-13,18H,2-9,14-17H2,1H3,(H,23,24). The van der Waals surface area contributed by atoms with Crippen LogP contribution in [0.5, 0.6) is 5.75 Å². The number of ether oxygens (including phenoxy) is 1. The van der Waals surface area contributed by atoms with Gasteiger partial charge in [0.1, 0.15) is 5.75 Å². The number of rotatable bonds is 7. The third kappa shape index (κ3) is 4.77. The van der Waals surface area contributed by atoms with Crippen molar-refractivity contribution in [2.24, 2.45) is 5.92 Å². The van der Waals surface area contributed by atoms with E-state index in [1.54, 1.807) is 7.11 Å². The Bertz CT molecular complexity index is 540. The molecule has 0 bridgehead atoms.